The molecule has 2 N–H and O–H groups in total. The first-order chi connectivity index (χ1) is 13.4. The second kappa shape index (κ2) is 7.45. The Labute approximate surface area is 174 Å². The number of sulfonamides is 1. The SMILES string of the molecule is CN1C(N)=N[C@](C)(c2cc(/C=C(\F)c3ccc(Br)cn3)cc(F)c2F)CS1(=O)=O. The van der Waals surface area contributed by atoms with Gasteiger partial charge in [0, 0.05) is 23.3 Å². The van der Waals surface area contributed by atoms with Gasteiger partial charge >= 0.3 is 0 Å². The van der Waals surface area contributed by atoms with Crippen LogP contribution in [-0.2, 0) is 15.6 Å². The van der Waals surface area contributed by atoms with Gasteiger partial charge in [0.1, 0.15) is 11.4 Å². The fourth-order valence-corrected chi connectivity index (χ4v) is 4.60. The van der Waals surface area contributed by atoms with Crippen LogP contribution >= 0.6 is 15.9 Å². The third-order valence-corrected chi connectivity index (χ3v) is 6.88. The molecule has 29 heavy (non-hydrogen) atoms. The zero-order valence-electron chi connectivity index (χ0n) is 15.3. The summed E-state index contributed by atoms with van der Waals surface area (Å²) in [4.78, 5) is 7.95. The molecule has 0 amide bonds. The Hall–Kier alpha value is -2.40. The van der Waals surface area contributed by atoms with Crippen LogP contribution in [-0.4, -0.2) is 36.5 Å². The lowest BCUT2D eigenvalue weighted by Gasteiger charge is -2.34. The highest BCUT2D eigenvalue weighted by Gasteiger charge is 2.42. The highest BCUT2D eigenvalue weighted by molar-refractivity contribution is 9.10. The summed E-state index contributed by atoms with van der Waals surface area (Å²) in [5.74, 6) is -4.31. The van der Waals surface area contributed by atoms with Crippen LogP contribution in [0.5, 0.6) is 0 Å². The maximum atomic E-state index is 14.6. The van der Waals surface area contributed by atoms with E-state index in [0.29, 0.717) is 4.47 Å². The van der Waals surface area contributed by atoms with Crippen LogP contribution in [0.25, 0.3) is 11.9 Å². The molecule has 1 aliphatic heterocycles. The molecule has 0 unspecified atom stereocenters. The second-order valence-electron chi connectivity index (χ2n) is 6.69. The van der Waals surface area contributed by atoms with Crippen LogP contribution in [0.2, 0.25) is 0 Å². The van der Waals surface area contributed by atoms with Crippen molar-refractivity contribution in [2.24, 2.45) is 10.7 Å². The molecule has 2 heterocycles. The van der Waals surface area contributed by atoms with Gasteiger partial charge in [-0.1, -0.05) is 0 Å². The van der Waals surface area contributed by atoms with Gasteiger partial charge in [0.05, 0.1) is 11.4 Å². The molecular formula is C18H16BrF3N4O2S. The van der Waals surface area contributed by atoms with E-state index in [2.05, 4.69) is 25.9 Å². The van der Waals surface area contributed by atoms with E-state index in [1.165, 1.54) is 26.2 Å². The predicted molar refractivity (Wildman–Crippen MR) is 108 cm³/mol. The number of nitrogens with two attached hydrogens (primary N) is 1. The summed E-state index contributed by atoms with van der Waals surface area (Å²) < 4.78 is 69.4. The Kier molecular flexibility index (Phi) is 5.48. The molecule has 0 aliphatic carbocycles. The normalized spacial score (nSPS) is 21.8. The highest BCUT2D eigenvalue weighted by Crippen LogP contribution is 2.35. The molecule has 1 aromatic heterocycles. The van der Waals surface area contributed by atoms with Gasteiger partial charge < -0.3 is 5.73 Å². The number of rotatable bonds is 3. The number of aliphatic imine (C=N–C) groups is 1. The van der Waals surface area contributed by atoms with Crippen LogP contribution < -0.4 is 5.73 Å². The summed E-state index contributed by atoms with van der Waals surface area (Å²) >= 11 is 3.19. The van der Waals surface area contributed by atoms with Crippen molar-refractivity contribution in [3.63, 3.8) is 0 Å². The maximum Gasteiger partial charge on any atom is 0.239 e. The van der Waals surface area contributed by atoms with Crippen molar-refractivity contribution in [1.29, 1.82) is 0 Å². The maximum absolute atomic E-state index is 14.6. The van der Waals surface area contributed by atoms with Crippen molar-refractivity contribution in [3.05, 3.63) is 63.4 Å². The van der Waals surface area contributed by atoms with E-state index in [1.807, 2.05) is 0 Å². The van der Waals surface area contributed by atoms with Crippen molar-refractivity contribution in [3.8, 4) is 0 Å². The quantitative estimate of drug-likeness (QED) is 0.716. The largest absolute Gasteiger partial charge is 0.369 e. The first kappa shape index (κ1) is 21.3. The fourth-order valence-electron chi connectivity index (χ4n) is 2.91. The van der Waals surface area contributed by atoms with E-state index in [4.69, 9.17) is 5.73 Å². The Morgan fingerprint density at radius 3 is 2.62 bits per heavy atom. The number of aromatic nitrogens is 1. The fraction of sp³-hybridized carbons (Fsp3) is 0.222. The number of guanidine groups is 1. The minimum atomic E-state index is -3.89. The topological polar surface area (TPSA) is 88.7 Å². The summed E-state index contributed by atoms with van der Waals surface area (Å²) in [6.45, 7) is 1.32. The number of pyridine rings is 1. The predicted octanol–water partition coefficient (Wildman–Crippen LogP) is 3.40. The van der Waals surface area contributed by atoms with Crippen LogP contribution in [0, 0.1) is 11.6 Å². The zero-order chi connectivity index (χ0) is 21.6. The van der Waals surface area contributed by atoms with Gasteiger partial charge in [0.15, 0.2) is 11.6 Å². The lowest BCUT2D eigenvalue weighted by Crippen LogP contribution is -2.50. The highest BCUT2D eigenvalue weighted by atomic mass is 79.9. The molecule has 0 saturated carbocycles. The minimum absolute atomic E-state index is 0.00479. The van der Waals surface area contributed by atoms with Gasteiger partial charge in [-0.15, -0.1) is 0 Å². The third kappa shape index (κ3) is 4.15. The van der Waals surface area contributed by atoms with Crippen molar-refractivity contribution in [1.82, 2.24) is 9.29 Å². The number of nitrogens with zero attached hydrogens (tertiary/aromatic N) is 3. The standard InChI is InChI=1S/C18H16BrF3N4O2S/c1-18(9-29(27,28)26(2)17(23)25-18)12-5-10(7-14(21)16(12)22)6-13(20)15-4-3-11(19)8-24-15/h3-8H,9H2,1-2H3,(H2,23,25)/b13-6-/t18-/m0/s1. The first-order valence-electron chi connectivity index (χ1n) is 8.23. The minimum Gasteiger partial charge on any atom is -0.369 e. The molecule has 1 aliphatic rings. The van der Waals surface area contributed by atoms with E-state index in [1.54, 1.807) is 6.07 Å². The van der Waals surface area contributed by atoms with Crippen LogP contribution in [0.3, 0.4) is 0 Å². The van der Waals surface area contributed by atoms with E-state index >= 15 is 0 Å². The molecule has 154 valence electrons. The van der Waals surface area contributed by atoms with Crippen LogP contribution in [0.4, 0.5) is 13.2 Å². The van der Waals surface area contributed by atoms with Crippen LogP contribution in [0.15, 0.2) is 39.9 Å². The number of hydrogen-bond donors (Lipinski definition) is 1. The van der Waals surface area contributed by atoms with Gasteiger partial charge in [0.2, 0.25) is 16.0 Å². The van der Waals surface area contributed by atoms with Gasteiger partial charge in [0.25, 0.3) is 0 Å². The van der Waals surface area contributed by atoms with Gasteiger partial charge in [-0.25, -0.2) is 30.9 Å². The van der Waals surface area contributed by atoms with Crippen molar-refractivity contribution >= 4 is 43.8 Å². The molecule has 0 radical (unpaired) electrons. The Morgan fingerprint density at radius 2 is 2.03 bits per heavy atom. The Balaban J connectivity index is 2.11. The molecule has 1 atom stereocenters. The zero-order valence-corrected chi connectivity index (χ0v) is 17.7. The van der Waals surface area contributed by atoms with Crippen molar-refractivity contribution in [2.75, 3.05) is 12.8 Å². The lowest BCUT2D eigenvalue weighted by molar-refractivity contribution is 0.435. The first-order valence-corrected chi connectivity index (χ1v) is 10.6. The van der Waals surface area contributed by atoms with Crippen molar-refractivity contribution in [2.45, 2.75) is 12.5 Å². The molecule has 0 saturated heterocycles. The summed E-state index contributed by atoms with van der Waals surface area (Å²) in [7, 11) is -2.68. The summed E-state index contributed by atoms with van der Waals surface area (Å²) in [5, 5.41) is 0. The Bertz CT molecular complexity index is 1140. The van der Waals surface area contributed by atoms with Gasteiger partial charge in [-0.05, 0) is 58.8 Å². The molecule has 0 spiro atoms. The third-order valence-electron chi connectivity index (χ3n) is 4.46. The average Bonchev–Trinajstić information content (AvgIpc) is 2.62. The second-order valence-corrected chi connectivity index (χ2v) is 9.60. The molecule has 0 fully saturated rings. The number of benzene rings is 1. The van der Waals surface area contributed by atoms with E-state index in [-0.39, 0.29) is 22.8 Å². The van der Waals surface area contributed by atoms with Gasteiger partial charge in [-0.2, -0.15) is 0 Å². The average molecular weight is 489 g/mol. The molecule has 2 aromatic rings. The molecule has 11 heteroatoms. The summed E-state index contributed by atoms with van der Waals surface area (Å²) in [6, 6.07) is 4.94. The molecular weight excluding hydrogens is 473 g/mol. The smallest absolute Gasteiger partial charge is 0.239 e. The molecule has 3 rings (SSSR count). The molecule has 6 nitrogen and oxygen atoms in total. The van der Waals surface area contributed by atoms with E-state index in [9.17, 15) is 21.6 Å². The summed E-state index contributed by atoms with van der Waals surface area (Å²) in [5.41, 5.74) is 3.60. The molecule has 0 bridgehead atoms. The van der Waals surface area contributed by atoms with Gasteiger partial charge in [-0.3, -0.25) is 4.98 Å². The molecule has 1 aromatic carbocycles. The number of halogens is 4. The van der Waals surface area contributed by atoms with E-state index in [0.717, 1.165) is 22.5 Å². The monoisotopic (exact) mass is 488 g/mol. The van der Waals surface area contributed by atoms with E-state index < -0.39 is 38.8 Å². The van der Waals surface area contributed by atoms with Crippen LogP contribution in [0.1, 0.15) is 23.7 Å². The van der Waals surface area contributed by atoms with Crippen molar-refractivity contribution < 1.29 is 21.6 Å². The Morgan fingerprint density at radius 1 is 1.34 bits per heavy atom. The number of hydrogen-bond acceptors (Lipinski definition) is 5. The lowest BCUT2D eigenvalue weighted by atomic mass is 9.92. The summed E-state index contributed by atoms with van der Waals surface area (Å²) in [6.07, 6.45) is 2.36.